The number of hydrogen-bond donors (Lipinski definition) is 3. The van der Waals surface area contributed by atoms with Gasteiger partial charge in [0.05, 0.1) is 21.6 Å². The number of non-ortho nitro benzene ring substituents is 1. The van der Waals surface area contributed by atoms with Crippen molar-refractivity contribution in [2.24, 2.45) is 10.5 Å². The fourth-order valence-corrected chi connectivity index (χ4v) is 3.75. The minimum atomic E-state index is -0.722. The lowest BCUT2D eigenvalue weighted by atomic mass is 9.75. The summed E-state index contributed by atoms with van der Waals surface area (Å²) in [5.74, 6) is 0.00484. The molecule has 3 N–H and O–H groups in total. The number of anilines is 1. The summed E-state index contributed by atoms with van der Waals surface area (Å²) in [5, 5.41) is 46.9. The van der Waals surface area contributed by atoms with Crippen LogP contribution in [0, 0.1) is 25.6 Å². The smallest absolute Gasteiger partial charge is 0.301 e. The Balaban J connectivity index is 1.81. The van der Waals surface area contributed by atoms with Gasteiger partial charge in [0.1, 0.15) is 17.0 Å². The van der Waals surface area contributed by atoms with Crippen molar-refractivity contribution in [2.45, 2.75) is 26.7 Å². The molecule has 0 spiro atoms. The number of phenolic OH excluding ortho intramolecular Hbond substituents is 2. The lowest BCUT2D eigenvalue weighted by Crippen LogP contribution is -2.27. The summed E-state index contributed by atoms with van der Waals surface area (Å²) in [5.41, 5.74) is 3.12. The van der Waals surface area contributed by atoms with Gasteiger partial charge in [-0.25, -0.2) is 0 Å². The van der Waals surface area contributed by atoms with Crippen LogP contribution in [0.1, 0.15) is 31.6 Å². The topological polar surface area (TPSA) is 164 Å². The molecule has 1 aromatic heterocycles. The van der Waals surface area contributed by atoms with Crippen molar-refractivity contribution in [1.29, 1.82) is 0 Å². The van der Waals surface area contributed by atoms with Gasteiger partial charge in [-0.15, -0.1) is 0 Å². The van der Waals surface area contributed by atoms with Gasteiger partial charge in [-0.1, -0.05) is 13.8 Å². The van der Waals surface area contributed by atoms with Gasteiger partial charge in [-0.3, -0.25) is 25.7 Å². The van der Waals surface area contributed by atoms with E-state index in [9.17, 15) is 30.4 Å². The van der Waals surface area contributed by atoms with E-state index in [0.29, 0.717) is 40.8 Å². The second-order valence-electron chi connectivity index (χ2n) is 8.14. The Morgan fingerprint density at radius 2 is 1.77 bits per heavy atom. The number of benzene rings is 2. The fourth-order valence-electron chi connectivity index (χ4n) is 3.75. The molecule has 0 saturated heterocycles. The largest absolute Gasteiger partial charge is 0.504 e. The number of phenols is 2. The first kappa shape index (κ1) is 20.1. The van der Waals surface area contributed by atoms with E-state index in [0.717, 1.165) is 12.1 Å². The molecule has 0 aliphatic heterocycles. The van der Waals surface area contributed by atoms with E-state index in [2.05, 4.69) is 10.5 Å². The third kappa shape index (κ3) is 3.61. The maximum absolute atomic E-state index is 11.4. The highest BCUT2D eigenvalue weighted by molar-refractivity contribution is 6.13. The van der Waals surface area contributed by atoms with Crippen LogP contribution in [-0.2, 0) is 6.42 Å². The van der Waals surface area contributed by atoms with E-state index in [4.69, 9.17) is 4.42 Å². The summed E-state index contributed by atoms with van der Waals surface area (Å²) >= 11 is 0. The number of furan rings is 1. The zero-order valence-electron chi connectivity index (χ0n) is 16.6. The predicted octanol–water partition coefficient (Wildman–Crippen LogP) is 4.45. The molecule has 2 aromatic carbocycles. The summed E-state index contributed by atoms with van der Waals surface area (Å²) in [4.78, 5) is 20.9. The standard InChI is InChI=1S/C20H18N4O7/c1-20(2)8-13(19-11-6-15(25)16(26)7-17(11)31-18(19)9-20)22-21-12-4-3-10(23(27)28)5-14(12)24(29)30/h3-7,21,25-26H,8-9H2,1-2H3/b22-13+. The van der Waals surface area contributed by atoms with E-state index in [-0.39, 0.29) is 22.6 Å². The van der Waals surface area contributed by atoms with Crippen LogP contribution in [0.2, 0.25) is 0 Å². The predicted molar refractivity (Wildman–Crippen MR) is 112 cm³/mol. The Morgan fingerprint density at radius 1 is 1.06 bits per heavy atom. The van der Waals surface area contributed by atoms with Gasteiger partial charge < -0.3 is 14.6 Å². The van der Waals surface area contributed by atoms with Crippen LogP contribution < -0.4 is 5.43 Å². The summed E-state index contributed by atoms with van der Waals surface area (Å²) < 4.78 is 5.89. The average Bonchev–Trinajstić information content (AvgIpc) is 3.01. The van der Waals surface area contributed by atoms with Crippen molar-refractivity contribution in [2.75, 3.05) is 5.43 Å². The lowest BCUT2D eigenvalue weighted by molar-refractivity contribution is -0.393. The lowest BCUT2D eigenvalue weighted by Gasteiger charge is -2.29. The van der Waals surface area contributed by atoms with Gasteiger partial charge in [0.2, 0.25) is 0 Å². The monoisotopic (exact) mass is 426 g/mol. The van der Waals surface area contributed by atoms with Crippen molar-refractivity contribution >= 4 is 33.7 Å². The SMILES string of the molecule is CC1(C)C/C(=N\Nc2ccc([N+](=O)[O-])cc2[N+](=O)[O-])c2c(oc3cc(O)c(O)cc23)C1. The Hall–Kier alpha value is -4.15. The van der Waals surface area contributed by atoms with E-state index in [1.807, 2.05) is 13.8 Å². The van der Waals surface area contributed by atoms with Crippen molar-refractivity contribution < 1.29 is 24.5 Å². The zero-order valence-corrected chi connectivity index (χ0v) is 16.6. The molecule has 0 amide bonds. The number of nitrogens with zero attached hydrogens (tertiary/aromatic N) is 3. The van der Waals surface area contributed by atoms with Gasteiger partial charge in [-0.2, -0.15) is 5.10 Å². The maximum Gasteiger partial charge on any atom is 0.301 e. The maximum atomic E-state index is 11.4. The van der Waals surface area contributed by atoms with Crippen LogP contribution in [0.3, 0.4) is 0 Å². The van der Waals surface area contributed by atoms with Gasteiger partial charge in [0, 0.05) is 29.5 Å². The molecule has 1 aliphatic rings. The number of hydrazone groups is 1. The normalized spacial score (nSPS) is 16.3. The first-order valence-electron chi connectivity index (χ1n) is 9.29. The van der Waals surface area contributed by atoms with Gasteiger partial charge in [0.15, 0.2) is 11.5 Å². The van der Waals surface area contributed by atoms with E-state index in [1.54, 1.807) is 0 Å². The summed E-state index contributed by atoms with van der Waals surface area (Å²) in [6, 6.07) is 5.95. The molecule has 160 valence electrons. The molecule has 0 saturated carbocycles. The molecule has 0 radical (unpaired) electrons. The second kappa shape index (κ2) is 6.97. The third-order valence-electron chi connectivity index (χ3n) is 5.13. The highest BCUT2D eigenvalue weighted by Crippen LogP contribution is 2.43. The van der Waals surface area contributed by atoms with Crippen molar-refractivity contribution in [1.82, 2.24) is 0 Å². The molecule has 1 aliphatic carbocycles. The molecule has 3 aromatic rings. The molecule has 11 nitrogen and oxygen atoms in total. The average molecular weight is 426 g/mol. The number of fused-ring (bicyclic) bond motifs is 3. The van der Waals surface area contributed by atoms with Crippen molar-refractivity contribution in [3.05, 3.63) is 61.9 Å². The van der Waals surface area contributed by atoms with E-state index in [1.165, 1.54) is 18.2 Å². The van der Waals surface area contributed by atoms with E-state index < -0.39 is 21.2 Å². The summed E-state index contributed by atoms with van der Waals surface area (Å²) in [6.07, 6.45) is 1.10. The molecule has 1 heterocycles. The molecule has 0 fully saturated rings. The van der Waals surface area contributed by atoms with Gasteiger partial charge in [0.25, 0.3) is 5.69 Å². The Kier molecular flexibility index (Phi) is 4.53. The molecule has 0 unspecified atom stereocenters. The van der Waals surface area contributed by atoms with Crippen molar-refractivity contribution in [3.8, 4) is 11.5 Å². The van der Waals surface area contributed by atoms with Crippen LogP contribution in [0.15, 0.2) is 39.9 Å². The minimum Gasteiger partial charge on any atom is -0.504 e. The molecular formula is C20H18N4O7. The molecule has 0 atom stereocenters. The third-order valence-corrected chi connectivity index (χ3v) is 5.13. The van der Waals surface area contributed by atoms with Crippen LogP contribution in [-0.4, -0.2) is 25.8 Å². The number of hydrogen-bond acceptors (Lipinski definition) is 9. The Bertz CT molecular complexity index is 1280. The molecule has 31 heavy (non-hydrogen) atoms. The minimum absolute atomic E-state index is 0.00122. The summed E-state index contributed by atoms with van der Waals surface area (Å²) in [7, 11) is 0. The number of aromatic hydroxyl groups is 2. The zero-order chi connectivity index (χ0) is 22.5. The van der Waals surface area contributed by atoms with Crippen LogP contribution in [0.25, 0.3) is 11.0 Å². The molecular weight excluding hydrogens is 408 g/mol. The number of nitrogens with one attached hydrogen (secondary N) is 1. The van der Waals surface area contributed by atoms with Crippen LogP contribution in [0.4, 0.5) is 17.1 Å². The van der Waals surface area contributed by atoms with Crippen molar-refractivity contribution in [3.63, 3.8) is 0 Å². The van der Waals surface area contributed by atoms with Crippen LogP contribution >= 0.6 is 0 Å². The summed E-state index contributed by atoms with van der Waals surface area (Å²) in [6.45, 7) is 4.03. The Morgan fingerprint density at radius 3 is 2.45 bits per heavy atom. The van der Waals surface area contributed by atoms with Gasteiger partial charge >= 0.3 is 5.69 Å². The second-order valence-corrected chi connectivity index (χ2v) is 8.14. The first-order valence-corrected chi connectivity index (χ1v) is 9.29. The highest BCUT2D eigenvalue weighted by atomic mass is 16.6. The Labute approximate surface area is 174 Å². The molecule has 0 bridgehead atoms. The highest BCUT2D eigenvalue weighted by Gasteiger charge is 2.34. The quantitative estimate of drug-likeness (QED) is 0.313. The van der Waals surface area contributed by atoms with E-state index >= 15 is 0 Å². The number of nitro benzene ring substituents is 2. The molecule has 4 rings (SSSR count). The first-order chi connectivity index (χ1) is 14.6. The number of nitro groups is 2. The fraction of sp³-hybridized carbons (Fsp3) is 0.250. The van der Waals surface area contributed by atoms with Crippen LogP contribution in [0.5, 0.6) is 11.5 Å². The van der Waals surface area contributed by atoms with Gasteiger partial charge in [-0.05, 0) is 24.0 Å². The number of rotatable bonds is 4. The molecule has 11 heteroatoms.